The zero-order valence-electron chi connectivity index (χ0n) is 18.2. The highest BCUT2D eigenvalue weighted by Crippen LogP contribution is 2.34. The number of fused-ring (bicyclic) bond motifs is 1. The first-order chi connectivity index (χ1) is 16.0. The molecule has 0 N–H and O–H groups in total. The molecule has 2 fully saturated rings. The fraction of sp³-hybridized carbons (Fsp3) is 0.250. The highest BCUT2D eigenvalue weighted by Gasteiger charge is 2.33. The SMILES string of the molecule is CN1CCN(c2nc3ccccn3c(=O)c2/C=C2\SC(=S)N(Cc3ccccc3)C2=O)CC1. The number of rotatable bonds is 4. The van der Waals surface area contributed by atoms with E-state index < -0.39 is 0 Å². The van der Waals surface area contributed by atoms with Crippen LogP contribution < -0.4 is 10.5 Å². The lowest BCUT2D eigenvalue weighted by molar-refractivity contribution is -0.122. The van der Waals surface area contributed by atoms with Gasteiger partial charge in [0.15, 0.2) is 0 Å². The number of hydrogen-bond donors (Lipinski definition) is 0. The third kappa shape index (κ3) is 4.31. The summed E-state index contributed by atoms with van der Waals surface area (Å²) >= 11 is 6.74. The van der Waals surface area contributed by atoms with Crippen LogP contribution in [0.15, 0.2) is 64.4 Å². The summed E-state index contributed by atoms with van der Waals surface area (Å²) in [4.78, 5) is 37.9. The molecular weight excluding hydrogens is 454 g/mol. The molecule has 0 atom stereocenters. The van der Waals surface area contributed by atoms with Gasteiger partial charge in [-0.1, -0.05) is 60.4 Å². The lowest BCUT2D eigenvalue weighted by Gasteiger charge is -2.34. The number of carbonyl (C=O) groups is 1. The van der Waals surface area contributed by atoms with Gasteiger partial charge < -0.3 is 9.80 Å². The van der Waals surface area contributed by atoms with Gasteiger partial charge in [-0.25, -0.2) is 4.98 Å². The number of benzene rings is 1. The van der Waals surface area contributed by atoms with Crippen molar-refractivity contribution in [2.45, 2.75) is 6.54 Å². The molecule has 2 saturated heterocycles. The fourth-order valence-corrected chi connectivity index (χ4v) is 5.25. The van der Waals surface area contributed by atoms with Crippen molar-refractivity contribution in [1.29, 1.82) is 0 Å². The lowest BCUT2D eigenvalue weighted by Crippen LogP contribution is -2.45. The molecule has 9 heteroatoms. The van der Waals surface area contributed by atoms with Gasteiger partial charge in [-0.3, -0.25) is 18.9 Å². The molecule has 1 amide bonds. The first-order valence-electron chi connectivity index (χ1n) is 10.8. The maximum atomic E-state index is 13.5. The molecule has 0 bridgehead atoms. The van der Waals surface area contributed by atoms with E-state index in [0.29, 0.717) is 32.8 Å². The highest BCUT2D eigenvalue weighted by atomic mass is 32.2. The number of thioether (sulfide) groups is 1. The Hall–Kier alpha value is -3.01. The third-order valence-corrected chi connectivity index (χ3v) is 7.26. The van der Waals surface area contributed by atoms with Crippen LogP contribution >= 0.6 is 24.0 Å². The normalized spacial score (nSPS) is 18.6. The summed E-state index contributed by atoms with van der Waals surface area (Å²) in [7, 11) is 2.08. The van der Waals surface area contributed by atoms with Gasteiger partial charge >= 0.3 is 0 Å². The van der Waals surface area contributed by atoms with Crippen LogP contribution in [0.2, 0.25) is 0 Å². The molecule has 0 unspecified atom stereocenters. The van der Waals surface area contributed by atoms with Crippen molar-refractivity contribution in [2.24, 2.45) is 0 Å². The van der Waals surface area contributed by atoms with E-state index in [1.165, 1.54) is 16.2 Å². The van der Waals surface area contributed by atoms with Gasteiger partial charge in [0.05, 0.1) is 17.0 Å². The fourth-order valence-electron chi connectivity index (χ4n) is 4.01. The highest BCUT2D eigenvalue weighted by molar-refractivity contribution is 8.26. The Bertz CT molecular complexity index is 1310. The van der Waals surface area contributed by atoms with Gasteiger partial charge in [0, 0.05) is 32.4 Å². The van der Waals surface area contributed by atoms with Crippen LogP contribution in [0.3, 0.4) is 0 Å². The van der Waals surface area contributed by atoms with Gasteiger partial charge in [0.25, 0.3) is 11.5 Å². The van der Waals surface area contributed by atoms with Crippen molar-refractivity contribution in [3.8, 4) is 0 Å². The van der Waals surface area contributed by atoms with Crippen molar-refractivity contribution in [2.75, 3.05) is 38.1 Å². The molecule has 4 heterocycles. The largest absolute Gasteiger partial charge is 0.353 e. The number of likely N-dealkylation sites (N-methyl/N-ethyl adjacent to an activating group) is 1. The van der Waals surface area contributed by atoms with Crippen LogP contribution in [0.1, 0.15) is 11.1 Å². The molecule has 0 saturated carbocycles. The standard InChI is InChI=1S/C24H23N5O2S2/c1-26-11-13-27(14-12-26)21-18(22(30)28-10-6-5-9-20(28)25-21)15-19-23(31)29(24(32)33-19)16-17-7-3-2-4-8-17/h2-10,15H,11-14,16H2,1H3/b19-15-. The number of aromatic nitrogens is 2. The molecular formula is C24H23N5O2S2. The second kappa shape index (κ2) is 9.09. The van der Waals surface area contributed by atoms with E-state index >= 15 is 0 Å². The smallest absolute Gasteiger partial charge is 0.267 e. The topological polar surface area (TPSA) is 61.2 Å². The monoisotopic (exact) mass is 477 g/mol. The maximum absolute atomic E-state index is 13.5. The van der Waals surface area contributed by atoms with Gasteiger partial charge in [-0.15, -0.1) is 0 Å². The Kier molecular flexibility index (Phi) is 6.01. The first kappa shape index (κ1) is 21.8. The molecule has 2 aliphatic heterocycles. The lowest BCUT2D eigenvalue weighted by atomic mass is 10.2. The zero-order chi connectivity index (χ0) is 22.9. The quantitative estimate of drug-likeness (QED) is 0.423. The number of pyridine rings is 1. The molecule has 0 radical (unpaired) electrons. The Morgan fingerprint density at radius 3 is 2.52 bits per heavy atom. The molecule has 0 aliphatic carbocycles. The van der Waals surface area contributed by atoms with Crippen LogP contribution in [0.25, 0.3) is 11.7 Å². The summed E-state index contributed by atoms with van der Waals surface area (Å²) in [6, 6.07) is 15.2. The van der Waals surface area contributed by atoms with E-state index in [0.717, 1.165) is 31.7 Å². The minimum absolute atomic E-state index is 0.185. The van der Waals surface area contributed by atoms with Gasteiger partial charge in [0.2, 0.25) is 0 Å². The van der Waals surface area contributed by atoms with Crippen molar-refractivity contribution in [3.63, 3.8) is 0 Å². The van der Waals surface area contributed by atoms with Gasteiger partial charge in [-0.2, -0.15) is 0 Å². The van der Waals surface area contributed by atoms with Crippen molar-refractivity contribution in [3.05, 3.63) is 81.1 Å². The average Bonchev–Trinajstić information content (AvgIpc) is 3.09. The molecule has 3 aromatic rings. The molecule has 1 aromatic carbocycles. The predicted octanol–water partition coefficient (Wildman–Crippen LogP) is 2.85. The minimum atomic E-state index is -0.192. The molecule has 7 nitrogen and oxygen atoms in total. The number of nitrogens with zero attached hydrogens (tertiary/aromatic N) is 5. The summed E-state index contributed by atoms with van der Waals surface area (Å²) < 4.78 is 2.01. The summed E-state index contributed by atoms with van der Waals surface area (Å²) in [6.07, 6.45) is 3.38. The van der Waals surface area contributed by atoms with Crippen LogP contribution in [-0.2, 0) is 11.3 Å². The van der Waals surface area contributed by atoms with E-state index in [1.807, 2.05) is 42.5 Å². The summed E-state index contributed by atoms with van der Waals surface area (Å²) in [5.41, 5.74) is 1.82. The Labute approximate surface area is 201 Å². The van der Waals surface area contributed by atoms with Crippen LogP contribution in [0.4, 0.5) is 5.82 Å². The van der Waals surface area contributed by atoms with E-state index in [1.54, 1.807) is 23.2 Å². The number of anilines is 1. The summed E-state index contributed by atoms with van der Waals surface area (Å²) in [6.45, 7) is 3.70. The average molecular weight is 478 g/mol. The molecule has 2 aromatic heterocycles. The van der Waals surface area contributed by atoms with E-state index in [4.69, 9.17) is 17.2 Å². The Morgan fingerprint density at radius 2 is 1.76 bits per heavy atom. The molecule has 2 aliphatic rings. The molecule has 5 rings (SSSR count). The van der Waals surface area contributed by atoms with E-state index in [-0.39, 0.29) is 11.5 Å². The van der Waals surface area contributed by atoms with Crippen LogP contribution in [0, 0.1) is 0 Å². The summed E-state index contributed by atoms with van der Waals surface area (Å²) in [5.74, 6) is 0.434. The van der Waals surface area contributed by atoms with Gasteiger partial charge in [-0.05, 0) is 30.8 Å². The van der Waals surface area contributed by atoms with Crippen molar-refractivity contribution >= 4 is 51.7 Å². The number of carbonyl (C=O) groups excluding carboxylic acids is 1. The van der Waals surface area contributed by atoms with Crippen molar-refractivity contribution in [1.82, 2.24) is 19.2 Å². The third-order valence-electron chi connectivity index (χ3n) is 5.88. The van der Waals surface area contributed by atoms with Crippen LogP contribution in [0.5, 0.6) is 0 Å². The van der Waals surface area contributed by atoms with Crippen molar-refractivity contribution < 1.29 is 4.79 Å². The van der Waals surface area contributed by atoms with Crippen LogP contribution in [-0.4, -0.2) is 62.6 Å². The predicted molar refractivity (Wildman–Crippen MR) is 136 cm³/mol. The van der Waals surface area contributed by atoms with E-state index in [2.05, 4.69) is 16.8 Å². The number of hydrogen-bond acceptors (Lipinski definition) is 7. The van der Waals surface area contributed by atoms with E-state index in [9.17, 15) is 9.59 Å². The molecule has 168 valence electrons. The number of piperazine rings is 1. The second-order valence-electron chi connectivity index (χ2n) is 8.13. The molecule has 33 heavy (non-hydrogen) atoms. The Balaban J connectivity index is 1.55. The maximum Gasteiger partial charge on any atom is 0.267 e. The number of amides is 1. The minimum Gasteiger partial charge on any atom is -0.353 e. The Morgan fingerprint density at radius 1 is 1.03 bits per heavy atom. The van der Waals surface area contributed by atoms with Gasteiger partial charge in [0.1, 0.15) is 15.8 Å². The zero-order valence-corrected chi connectivity index (χ0v) is 19.8. The first-order valence-corrected chi connectivity index (χ1v) is 12.0. The number of thiocarbonyl (C=S) groups is 1. The molecule has 0 spiro atoms. The summed E-state index contributed by atoms with van der Waals surface area (Å²) in [5, 5.41) is 0. The second-order valence-corrected chi connectivity index (χ2v) is 9.80.